The molecule has 92 valence electrons. The van der Waals surface area contributed by atoms with Gasteiger partial charge in [-0.3, -0.25) is 10.00 Å². The number of hydrogen-bond acceptors (Lipinski definition) is 4. The Balaban J connectivity index is 2.02. The van der Waals surface area contributed by atoms with Crippen molar-refractivity contribution in [3.63, 3.8) is 0 Å². The second-order valence-electron chi connectivity index (χ2n) is 3.87. The predicted octanol–water partition coefficient (Wildman–Crippen LogP) is 1.28. The van der Waals surface area contributed by atoms with Crippen LogP contribution < -0.4 is 10.6 Å². The summed E-state index contributed by atoms with van der Waals surface area (Å²) < 4.78 is 6.71. The number of carbonyl (C=O) groups excluding carboxylic acids is 1. The molecule has 1 amide bonds. The van der Waals surface area contributed by atoms with Gasteiger partial charge in [0.15, 0.2) is 5.82 Å². The fourth-order valence-electron chi connectivity index (χ4n) is 1.79. The second-order valence-corrected chi connectivity index (χ2v) is 3.87. The van der Waals surface area contributed by atoms with Gasteiger partial charge in [0.05, 0.1) is 12.2 Å². The fourth-order valence-corrected chi connectivity index (χ4v) is 1.79. The molecule has 1 aliphatic heterocycles. The van der Waals surface area contributed by atoms with Crippen LogP contribution in [-0.4, -0.2) is 29.0 Å². The summed E-state index contributed by atoms with van der Waals surface area (Å²) in [5, 5.41) is 10.2. The lowest BCUT2D eigenvalue weighted by atomic mass is 10.2. The van der Waals surface area contributed by atoms with Gasteiger partial charge in [-0.25, -0.2) is 4.79 Å². The van der Waals surface area contributed by atoms with Crippen molar-refractivity contribution < 1.29 is 9.53 Å². The van der Waals surface area contributed by atoms with Gasteiger partial charge in [0.1, 0.15) is 6.61 Å². The molecule has 1 aromatic heterocycles. The molecule has 0 fully saturated rings. The van der Waals surface area contributed by atoms with Crippen LogP contribution >= 0.6 is 0 Å². The van der Waals surface area contributed by atoms with E-state index in [2.05, 4.69) is 29.2 Å². The van der Waals surface area contributed by atoms with Gasteiger partial charge in [-0.15, -0.1) is 0 Å². The highest BCUT2D eigenvalue weighted by Gasteiger charge is 2.18. The molecule has 2 heterocycles. The van der Waals surface area contributed by atoms with Crippen LogP contribution in [0.25, 0.3) is 0 Å². The minimum atomic E-state index is -0.513. The first-order chi connectivity index (χ1) is 8.20. The lowest BCUT2D eigenvalue weighted by molar-refractivity contribution is 0.174. The average molecular weight is 236 g/mol. The zero-order valence-corrected chi connectivity index (χ0v) is 9.77. The van der Waals surface area contributed by atoms with Crippen molar-refractivity contribution in [3.8, 4) is 0 Å². The van der Waals surface area contributed by atoms with Gasteiger partial charge in [-0.2, -0.15) is 5.10 Å². The van der Waals surface area contributed by atoms with Crippen LogP contribution in [0.4, 0.5) is 10.6 Å². The molecular formula is C11H16N4O2. The molecule has 2 rings (SSSR count). The van der Waals surface area contributed by atoms with Crippen molar-refractivity contribution in [1.82, 2.24) is 15.1 Å². The van der Waals surface area contributed by atoms with Gasteiger partial charge in [0, 0.05) is 18.7 Å². The molecule has 1 aliphatic rings. The molecule has 0 aliphatic carbocycles. The zero-order valence-electron chi connectivity index (χ0n) is 9.77. The van der Waals surface area contributed by atoms with Crippen LogP contribution in [-0.2, 0) is 11.3 Å². The van der Waals surface area contributed by atoms with E-state index < -0.39 is 6.09 Å². The van der Waals surface area contributed by atoms with Crippen LogP contribution in [0.2, 0.25) is 0 Å². The van der Waals surface area contributed by atoms with Crippen molar-refractivity contribution in [2.45, 2.75) is 19.5 Å². The van der Waals surface area contributed by atoms with Crippen LogP contribution in [0, 0.1) is 0 Å². The molecule has 0 saturated heterocycles. The largest absolute Gasteiger partial charge is 0.445 e. The molecule has 2 N–H and O–H groups in total. The standard InChI is InChI=1S/C11H16N4O2/c1-3-6-17-11(16)13-10-7-9-8(2)12-4-5-15(9)14-10/h3,7-8,12H,1,4-6H2,2H3,(H,13,14,16). The number of amides is 1. The third-order valence-corrected chi connectivity index (χ3v) is 2.59. The molecule has 0 bridgehead atoms. The molecule has 0 spiro atoms. The molecule has 0 radical (unpaired) electrons. The molecule has 6 nitrogen and oxygen atoms in total. The Morgan fingerprint density at radius 3 is 3.41 bits per heavy atom. The van der Waals surface area contributed by atoms with Gasteiger partial charge in [-0.05, 0) is 6.92 Å². The second kappa shape index (κ2) is 5.01. The van der Waals surface area contributed by atoms with E-state index in [9.17, 15) is 4.79 Å². The number of aromatic nitrogens is 2. The van der Waals surface area contributed by atoms with E-state index in [4.69, 9.17) is 4.74 Å². The molecule has 1 atom stereocenters. The Morgan fingerprint density at radius 1 is 1.88 bits per heavy atom. The van der Waals surface area contributed by atoms with Gasteiger partial charge in [-0.1, -0.05) is 12.7 Å². The van der Waals surface area contributed by atoms with Gasteiger partial charge in [0.25, 0.3) is 0 Å². The van der Waals surface area contributed by atoms with E-state index in [1.807, 2.05) is 10.7 Å². The number of ether oxygens (including phenoxy) is 1. The normalized spacial score (nSPS) is 18.3. The quantitative estimate of drug-likeness (QED) is 0.776. The first-order valence-electron chi connectivity index (χ1n) is 5.56. The monoisotopic (exact) mass is 236 g/mol. The third-order valence-electron chi connectivity index (χ3n) is 2.59. The Hall–Kier alpha value is -1.82. The highest BCUT2D eigenvalue weighted by atomic mass is 16.5. The summed E-state index contributed by atoms with van der Waals surface area (Å²) in [6, 6.07) is 2.10. The van der Waals surface area contributed by atoms with Gasteiger partial charge < -0.3 is 10.1 Å². The molecule has 0 aromatic carbocycles. The van der Waals surface area contributed by atoms with E-state index in [1.165, 1.54) is 6.08 Å². The number of fused-ring (bicyclic) bond motifs is 1. The summed E-state index contributed by atoms with van der Waals surface area (Å²) in [4.78, 5) is 11.3. The Labute approximate surface area is 99.6 Å². The van der Waals surface area contributed by atoms with Crippen LogP contribution in [0.1, 0.15) is 18.7 Å². The highest BCUT2D eigenvalue weighted by molar-refractivity contribution is 5.83. The molecule has 17 heavy (non-hydrogen) atoms. The lowest BCUT2D eigenvalue weighted by Gasteiger charge is -2.21. The van der Waals surface area contributed by atoms with Crippen LogP contribution in [0.3, 0.4) is 0 Å². The van der Waals surface area contributed by atoms with Crippen molar-refractivity contribution in [3.05, 3.63) is 24.4 Å². The number of nitrogens with one attached hydrogen (secondary N) is 2. The van der Waals surface area contributed by atoms with E-state index >= 15 is 0 Å². The summed E-state index contributed by atoms with van der Waals surface area (Å²) in [5.74, 6) is 0.518. The maximum absolute atomic E-state index is 11.3. The number of nitrogens with zero attached hydrogens (tertiary/aromatic N) is 2. The maximum atomic E-state index is 11.3. The number of anilines is 1. The van der Waals surface area contributed by atoms with Crippen molar-refractivity contribution in [1.29, 1.82) is 0 Å². The minimum Gasteiger partial charge on any atom is -0.445 e. The van der Waals surface area contributed by atoms with Gasteiger partial charge in [0.2, 0.25) is 0 Å². The first kappa shape index (κ1) is 11.7. The first-order valence-corrected chi connectivity index (χ1v) is 5.56. The zero-order chi connectivity index (χ0) is 12.3. The number of rotatable bonds is 3. The number of carbonyl (C=O) groups is 1. The Bertz CT molecular complexity index is 427. The van der Waals surface area contributed by atoms with E-state index in [0.717, 1.165) is 18.8 Å². The molecule has 6 heteroatoms. The fraction of sp³-hybridized carbons (Fsp3) is 0.455. The summed E-state index contributed by atoms with van der Waals surface area (Å²) in [6.45, 7) is 7.42. The van der Waals surface area contributed by atoms with Crippen molar-refractivity contribution >= 4 is 11.9 Å². The van der Waals surface area contributed by atoms with Crippen molar-refractivity contribution in [2.24, 2.45) is 0 Å². The summed E-state index contributed by atoms with van der Waals surface area (Å²) in [7, 11) is 0. The Kier molecular flexibility index (Phi) is 3.43. The lowest BCUT2D eigenvalue weighted by Crippen LogP contribution is -2.31. The maximum Gasteiger partial charge on any atom is 0.413 e. The average Bonchev–Trinajstić information content (AvgIpc) is 2.70. The number of hydrogen-bond donors (Lipinski definition) is 2. The topological polar surface area (TPSA) is 68.2 Å². The predicted molar refractivity (Wildman–Crippen MR) is 63.8 cm³/mol. The van der Waals surface area contributed by atoms with Crippen molar-refractivity contribution in [2.75, 3.05) is 18.5 Å². The molecule has 1 aromatic rings. The molecular weight excluding hydrogens is 220 g/mol. The third kappa shape index (κ3) is 2.65. The SMILES string of the molecule is C=CCOC(=O)Nc1cc2n(n1)CCNC2C. The van der Waals surface area contributed by atoms with Gasteiger partial charge >= 0.3 is 6.09 Å². The molecule has 1 unspecified atom stereocenters. The van der Waals surface area contributed by atoms with Crippen LogP contribution in [0.5, 0.6) is 0 Å². The minimum absolute atomic E-state index is 0.192. The van der Waals surface area contributed by atoms with Crippen LogP contribution in [0.15, 0.2) is 18.7 Å². The Morgan fingerprint density at radius 2 is 2.71 bits per heavy atom. The highest BCUT2D eigenvalue weighted by Crippen LogP contribution is 2.19. The van der Waals surface area contributed by atoms with E-state index in [0.29, 0.717) is 5.82 Å². The smallest absolute Gasteiger partial charge is 0.413 e. The van der Waals surface area contributed by atoms with E-state index in [1.54, 1.807) is 0 Å². The molecule has 0 saturated carbocycles. The summed E-state index contributed by atoms with van der Waals surface area (Å²) in [6.07, 6.45) is 1.00. The summed E-state index contributed by atoms with van der Waals surface area (Å²) in [5.41, 5.74) is 1.07. The van der Waals surface area contributed by atoms with E-state index in [-0.39, 0.29) is 12.6 Å². The summed E-state index contributed by atoms with van der Waals surface area (Å²) >= 11 is 0.